The number of para-hydroxylation sites is 1. The smallest absolute Gasteiger partial charge is 0.259 e. The highest BCUT2D eigenvalue weighted by molar-refractivity contribution is 6.32. The van der Waals surface area contributed by atoms with Gasteiger partial charge in [-0.05, 0) is 36.4 Å². The first kappa shape index (κ1) is 17.2. The van der Waals surface area contributed by atoms with E-state index in [1.54, 1.807) is 48.8 Å². The van der Waals surface area contributed by atoms with Crippen LogP contribution in [0, 0.1) is 0 Å². The van der Waals surface area contributed by atoms with E-state index in [9.17, 15) is 4.79 Å². The highest BCUT2D eigenvalue weighted by Gasteiger charge is 2.22. The number of nitrogens with zero attached hydrogens (tertiary/aromatic N) is 1. The molecule has 27 heavy (non-hydrogen) atoms. The van der Waals surface area contributed by atoms with Crippen molar-refractivity contribution in [2.45, 2.75) is 6.61 Å². The van der Waals surface area contributed by atoms with E-state index in [0.717, 1.165) is 5.56 Å². The molecule has 4 rings (SSSR count). The molecule has 1 aromatic heterocycles. The normalized spacial score (nSPS) is 11.9. The molecule has 1 amide bonds. The van der Waals surface area contributed by atoms with Crippen LogP contribution in [0.4, 0.5) is 5.69 Å². The number of benzene rings is 2. The van der Waals surface area contributed by atoms with Crippen LogP contribution in [0.5, 0.6) is 17.2 Å². The Labute approximate surface area is 160 Å². The lowest BCUT2D eigenvalue weighted by Gasteiger charge is -2.11. The molecule has 6 nitrogen and oxygen atoms in total. The fourth-order valence-corrected chi connectivity index (χ4v) is 2.88. The molecule has 3 aromatic rings. The largest absolute Gasteiger partial charge is 0.487 e. The maximum Gasteiger partial charge on any atom is 0.259 e. The molecular formula is C20H15ClN2O4. The Hall–Kier alpha value is -3.25. The van der Waals surface area contributed by atoms with E-state index in [0.29, 0.717) is 40.1 Å². The fourth-order valence-electron chi connectivity index (χ4n) is 2.65. The van der Waals surface area contributed by atoms with Crippen molar-refractivity contribution < 1.29 is 19.0 Å². The quantitative estimate of drug-likeness (QED) is 0.712. The lowest BCUT2D eigenvalue weighted by molar-refractivity contribution is 0.102. The topological polar surface area (TPSA) is 69.7 Å². The van der Waals surface area contributed by atoms with E-state index < -0.39 is 0 Å². The summed E-state index contributed by atoms with van der Waals surface area (Å²) in [5.74, 6) is 1.21. The SMILES string of the molecule is O=C(Nc1ccc(OCc2cccnc2)c(Cl)c1)c1cccc2c1OCO2. The number of ether oxygens (including phenoxy) is 3. The number of hydrogen-bond acceptors (Lipinski definition) is 5. The molecule has 0 atom stereocenters. The van der Waals surface area contributed by atoms with Gasteiger partial charge in [0.25, 0.3) is 5.91 Å². The molecule has 0 fully saturated rings. The molecule has 1 N–H and O–H groups in total. The minimum Gasteiger partial charge on any atom is -0.487 e. The number of hydrogen-bond donors (Lipinski definition) is 1. The molecule has 2 heterocycles. The van der Waals surface area contributed by atoms with Gasteiger partial charge in [0.1, 0.15) is 12.4 Å². The average Bonchev–Trinajstić information content (AvgIpc) is 3.17. The summed E-state index contributed by atoms with van der Waals surface area (Å²) < 4.78 is 16.4. The summed E-state index contributed by atoms with van der Waals surface area (Å²) >= 11 is 6.28. The predicted molar refractivity (Wildman–Crippen MR) is 101 cm³/mol. The molecule has 0 aliphatic carbocycles. The molecule has 0 bridgehead atoms. The van der Waals surface area contributed by atoms with Gasteiger partial charge in [0, 0.05) is 23.6 Å². The maximum absolute atomic E-state index is 12.6. The van der Waals surface area contributed by atoms with Crippen LogP contribution in [0.2, 0.25) is 5.02 Å². The number of pyridine rings is 1. The molecular weight excluding hydrogens is 368 g/mol. The Morgan fingerprint density at radius 1 is 1.19 bits per heavy atom. The third-order valence-corrected chi connectivity index (χ3v) is 4.24. The monoisotopic (exact) mass is 382 g/mol. The van der Waals surface area contributed by atoms with Crippen molar-refractivity contribution in [3.05, 3.63) is 77.1 Å². The summed E-state index contributed by atoms with van der Waals surface area (Å²) in [7, 11) is 0. The van der Waals surface area contributed by atoms with Crippen molar-refractivity contribution in [1.82, 2.24) is 4.98 Å². The number of amides is 1. The summed E-state index contributed by atoms with van der Waals surface area (Å²) in [6, 6.07) is 14.0. The number of anilines is 1. The second kappa shape index (κ2) is 7.55. The third kappa shape index (κ3) is 3.80. The second-order valence-electron chi connectivity index (χ2n) is 5.79. The molecule has 1 aliphatic rings. The average molecular weight is 383 g/mol. The molecule has 136 valence electrons. The van der Waals surface area contributed by atoms with Gasteiger partial charge in [-0.3, -0.25) is 9.78 Å². The van der Waals surface area contributed by atoms with Crippen molar-refractivity contribution in [2.75, 3.05) is 12.1 Å². The van der Waals surface area contributed by atoms with Gasteiger partial charge in [0.15, 0.2) is 11.5 Å². The van der Waals surface area contributed by atoms with Gasteiger partial charge in [0.2, 0.25) is 6.79 Å². The first-order chi connectivity index (χ1) is 13.2. The minimum absolute atomic E-state index is 0.106. The van der Waals surface area contributed by atoms with Gasteiger partial charge in [-0.2, -0.15) is 0 Å². The van der Waals surface area contributed by atoms with Crippen molar-refractivity contribution in [3.8, 4) is 17.2 Å². The Balaban J connectivity index is 1.45. The van der Waals surface area contributed by atoms with Crippen LogP contribution >= 0.6 is 11.6 Å². The van der Waals surface area contributed by atoms with Gasteiger partial charge in [-0.1, -0.05) is 23.7 Å². The Morgan fingerprint density at radius 3 is 2.93 bits per heavy atom. The number of fused-ring (bicyclic) bond motifs is 1. The van der Waals surface area contributed by atoms with E-state index in [1.807, 2.05) is 12.1 Å². The zero-order valence-corrected chi connectivity index (χ0v) is 14.9. The maximum atomic E-state index is 12.6. The van der Waals surface area contributed by atoms with Gasteiger partial charge < -0.3 is 19.5 Å². The van der Waals surface area contributed by atoms with E-state index in [1.165, 1.54) is 0 Å². The Morgan fingerprint density at radius 2 is 2.11 bits per heavy atom. The van der Waals surface area contributed by atoms with Crippen molar-refractivity contribution >= 4 is 23.2 Å². The number of nitrogens with one attached hydrogen (secondary N) is 1. The molecule has 0 spiro atoms. The summed E-state index contributed by atoms with van der Waals surface area (Å²) in [5.41, 5.74) is 1.89. The lowest BCUT2D eigenvalue weighted by atomic mass is 10.1. The summed E-state index contributed by atoms with van der Waals surface area (Å²) in [5, 5.41) is 3.20. The molecule has 0 radical (unpaired) electrons. The number of carbonyl (C=O) groups excluding carboxylic acids is 1. The summed E-state index contributed by atoms with van der Waals surface area (Å²) in [6.07, 6.45) is 3.43. The van der Waals surface area contributed by atoms with E-state index >= 15 is 0 Å². The highest BCUT2D eigenvalue weighted by atomic mass is 35.5. The van der Waals surface area contributed by atoms with Crippen molar-refractivity contribution in [2.24, 2.45) is 0 Å². The summed E-state index contributed by atoms with van der Waals surface area (Å²) in [6.45, 7) is 0.460. The van der Waals surface area contributed by atoms with Crippen LogP contribution in [0.1, 0.15) is 15.9 Å². The second-order valence-corrected chi connectivity index (χ2v) is 6.20. The predicted octanol–water partition coefficient (Wildman–Crippen LogP) is 4.30. The van der Waals surface area contributed by atoms with Crippen molar-refractivity contribution in [1.29, 1.82) is 0 Å². The number of aromatic nitrogens is 1. The molecule has 1 aliphatic heterocycles. The number of halogens is 1. The molecule has 0 saturated carbocycles. The molecule has 2 aromatic carbocycles. The van der Waals surface area contributed by atoms with Crippen molar-refractivity contribution in [3.63, 3.8) is 0 Å². The zero-order chi connectivity index (χ0) is 18.6. The van der Waals surface area contributed by atoms with Crippen LogP contribution in [-0.4, -0.2) is 17.7 Å². The van der Waals surface area contributed by atoms with Gasteiger partial charge >= 0.3 is 0 Å². The Bertz CT molecular complexity index is 979. The molecule has 0 unspecified atom stereocenters. The van der Waals surface area contributed by atoms with Crippen LogP contribution in [0.3, 0.4) is 0 Å². The molecule has 0 saturated heterocycles. The first-order valence-corrected chi connectivity index (χ1v) is 8.60. The first-order valence-electron chi connectivity index (χ1n) is 8.22. The molecule has 7 heteroatoms. The van der Waals surface area contributed by atoms with Crippen LogP contribution < -0.4 is 19.5 Å². The van der Waals surface area contributed by atoms with E-state index in [2.05, 4.69) is 10.3 Å². The minimum atomic E-state index is -0.308. The standard InChI is InChI=1S/C20H15ClN2O4/c21-16-9-14(6-7-17(16)25-11-13-3-2-8-22-10-13)23-20(24)15-4-1-5-18-19(15)27-12-26-18/h1-10H,11-12H2,(H,23,24). The number of carbonyl (C=O) groups is 1. The number of rotatable bonds is 5. The summed E-state index contributed by atoms with van der Waals surface area (Å²) in [4.78, 5) is 16.6. The van der Waals surface area contributed by atoms with Gasteiger partial charge in [-0.15, -0.1) is 0 Å². The van der Waals surface area contributed by atoms with Gasteiger partial charge in [0.05, 0.1) is 10.6 Å². The fraction of sp³-hybridized carbons (Fsp3) is 0.100. The zero-order valence-electron chi connectivity index (χ0n) is 14.1. The Kier molecular flexibility index (Phi) is 4.80. The lowest BCUT2D eigenvalue weighted by Crippen LogP contribution is -2.12. The highest BCUT2D eigenvalue weighted by Crippen LogP contribution is 2.36. The van der Waals surface area contributed by atoms with Crippen LogP contribution in [0.25, 0.3) is 0 Å². The van der Waals surface area contributed by atoms with E-state index in [-0.39, 0.29) is 12.7 Å². The third-order valence-electron chi connectivity index (χ3n) is 3.95. The van der Waals surface area contributed by atoms with E-state index in [4.69, 9.17) is 25.8 Å². The van der Waals surface area contributed by atoms with Crippen LogP contribution in [0.15, 0.2) is 60.9 Å². The van der Waals surface area contributed by atoms with Crippen LogP contribution in [-0.2, 0) is 6.61 Å². The van der Waals surface area contributed by atoms with Gasteiger partial charge in [-0.25, -0.2) is 0 Å².